The zero-order chi connectivity index (χ0) is 26.7. The van der Waals surface area contributed by atoms with E-state index in [9.17, 15) is 14.4 Å². The molecule has 3 amide bonds. The van der Waals surface area contributed by atoms with Crippen LogP contribution in [0.15, 0.2) is 37.2 Å². The third-order valence-corrected chi connectivity index (χ3v) is 6.35. The number of amides is 3. The number of nitrogens with one attached hydrogen (secondary N) is 1. The van der Waals surface area contributed by atoms with Crippen LogP contribution in [0.3, 0.4) is 0 Å². The Balaban J connectivity index is 1.64. The fourth-order valence-corrected chi connectivity index (χ4v) is 4.37. The smallest absolute Gasteiger partial charge is 0.277 e. The zero-order valence-corrected chi connectivity index (χ0v) is 21.1. The molecule has 0 unspecified atom stereocenters. The number of anilines is 2. The molecule has 12 nitrogen and oxygen atoms in total. The maximum absolute atomic E-state index is 13.4. The molecular weight excluding hydrogens is 476 g/mol. The molecule has 1 atom stereocenters. The molecule has 0 radical (unpaired) electrons. The summed E-state index contributed by atoms with van der Waals surface area (Å²) in [6.07, 6.45) is 4.31. The molecule has 194 valence electrons. The molecule has 12 heteroatoms. The van der Waals surface area contributed by atoms with Gasteiger partial charge in [-0.15, -0.1) is 0 Å². The van der Waals surface area contributed by atoms with Gasteiger partial charge in [-0.05, 0) is 25.0 Å². The average molecular weight is 507 g/mol. The Kier molecular flexibility index (Phi) is 7.37. The summed E-state index contributed by atoms with van der Waals surface area (Å²) >= 11 is 0. The van der Waals surface area contributed by atoms with Crippen molar-refractivity contribution in [3.63, 3.8) is 0 Å². The summed E-state index contributed by atoms with van der Waals surface area (Å²) in [5.41, 5.74) is 7.80. The lowest BCUT2D eigenvalue weighted by atomic mass is 10.1. The van der Waals surface area contributed by atoms with E-state index in [0.29, 0.717) is 41.1 Å². The van der Waals surface area contributed by atoms with Gasteiger partial charge in [-0.25, -0.2) is 14.6 Å². The number of aromatic nitrogens is 4. The number of nitrogens with two attached hydrogens (primary N) is 1. The van der Waals surface area contributed by atoms with Gasteiger partial charge in [-0.3, -0.25) is 14.4 Å². The third-order valence-electron chi connectivity index (χ3n) is 6.35. The summed E-state index contributed by atoms with van der Waals surface area (Å²) in [5, 5.41) is 7.75. The van der Waals surface area contributed by atoms with Gasteiger partial charge in [0, 0.05) is 44.5 Å². The van der Waals surface area contributed by atoms with Gasteiger partial charge in [0.05, 0.1) is 25.0 Å². The van der Waals surface area contributed by atoms with E-state index in [-0.39, 0.29) is 35.8 Å². The van der Waals surface area contributed by atoms with Crippen molar-refractivity contribution in [2.75, 3.05) is 45.3 Å². The van der Waals surface area contributed by atoms with E-state index in [0.717, 1.165) is 12.8 Å². The maximum Gasteiger partial charge on any atom is 0.277 e. The molecule has 1 aromatic carbocycles. The predicted octanol–water partition coefficient (Wildman–Crippen LogP) is 1.65. The zero-order valence-electron chi connectivity index (χ0n) is 21.1. The van der Waals surface area contributed by atoms with Crippen LogP contribution >= 0.6 is 0 Å². The standard InChI is InChI=1S/C25H30N8O4/c1-5-19(34)32-10-6-7-17(13-32)33-24-21(23(26)27-14-28-24)22(30-33)25(36)29-16-9-8-15(18(12-16)37-4)11-20(35)31(2)3/h5,8-9,12,14,17H,1,6-7,10-11,13H2,2-4H3,(H,29,36)(H2,26,27,28)/t17-/m1/s1. The minimum Gasteiger partial charge on any atom is -0.496 e. The van der Waals surface area contributed by atoms with Crippen LogP contribution in [0.4, 0.5) is 11.5 Å². The highest BCUT2D eigenvalue weighted by molar-refractivity contribution is 6.13. The minimum absolute atomic E-state index is 0.0707. The van der Waals surface area contributed by atoms with Gasteiger partial charge in [-0.1, -0.05) is 12.6 Å². The van der Waals surface area contributed by atoms with Gasteiger partial charge in [0.15, 0.2) is 11.3 Å². The first-order chi connectivity index (χ1) is 17.7. The lowest BCUT2D eigenvalue weighted by Crippen LogP contribution is -2.40. The largest absolute Gasteiger partial charge is 0.496 e. The molecule has 37 heavy (non-hydrogen) atoms. The van der Waals surface area contributed by atoms with E-state index in [1.54, 1.807) is 41.9 Å². The maximum atomic E-state index is 13.4. The summed E-state index contributed by atoms with van der Waals surface area (Å²) in [7, 11) is 4.87. The second kappa shape index (κ2) is 10.6. The quantitative estimate of drug-likeness (QED) is 0.460. The number of rotatable bonds is 7. The van der Waals surface area contributed by atoms with E-state index in [2.05, 4.69) is 27.0 Å². The normalized spacial score (nSPS) is 15.3. The van der Waals surface area contributed by atoms with Gasteiger partial charge in [0.1, 0.15) is 17.9 Å². The topological polar surface area (TPSA) is 149 Å². The number of likely N-dealkylation sites (N-methyl/N-ethyl adjacent to an activating group) is 1. The molecular formula is C25H30N8O4. The Labute approximate surface area is 214 Å². The van der Waals surface area contributed by atoms with Crippen LogP contribution in [-0.2, 0) is 16.0 Å². The van der Waals surface area contributed by atoms with Crippen LogP contribution < -0.4 is 15.8 Å². The fourth-order valence-electron chi connectivity index (χ4n) is 4.37. The summed E-state index contributed by atoms with van der Waals surface area (Å²) in [5.74, 6) is -0.123. The molecule has 0 saturated carbocycles. The molecule has 2 aromatic heterocycles. The van der Waals surface area contributed by atoms with E-state index in [1.165, 1.54) is 24.4 Å². The molecule has 1 aliphatic rings. The highest BCUT2D eigenvalue weighted by Crippen LogP contribution is 2.30. The van der Waals surface area contributed by atoms with Gasteiger partial charge >= 0.3 is 0 Å². The molecule has 3 heterocycles. The third kappa shape index (κ3) is 5.22. The fraction of sp³-hybridized carbons (Fsp3) is 0.360. The van der Waals surface area contributed by atoms with Gasteiger partial charge in [-0.2, -0.15) is 5.10 Å². The van der Waals surface area contributed by atoms with E-state index < -0.39 is 5.91 Å². The van der Waals surface area contributed by atoms with Crippen molar-refractivity contribution in [1.29, 1.82) is 0 Å². The molecule has 3 N–H and O–H groups in total. The highest BCUT2D eigenvalue weighted by atomic mass is 16.5. The highest BCUT2D eigenvalue weighted by Gasteiger charge is 2.29. The number of hydrogen-bond donors (Lipinski definition) is 2. The Morgan fingerprint density at radius 1 is 1.30 bits per heavy atom. The van der Waals surface area contributed by atoms with Gasteiger partial charge in [0.25, 0.3) is 5.91 Å². The Morgan fingerprint density at radius 2 is 2.08 bits per heavy atom. The van der Waals surface area contributed by atoms with Crippen LogP contribution in [0.5, 0.6) is 5.75 Å². The molecule has 1 fully saturated rings. The molecule has 3 aromatic rings. The first kappa shape index (κ1) is 25.6. The predicted molar refractivity (Wildman–Crippen MR) is 138 cm³/mol. The number of likely N-dealkylation sites (tertiary alicyclic amines) is 1. The number of benzene rings is 1. The number of fused-ring (bicyclic) bond motifs is 1. The number of ether oxygens (including phenoxy) is 1. The van der Waals surface area contributed by atoms with Crippen LogP contribution in [0.2, 0.25) is 0 Å². The number of hydrogen-bond acceptors (Lipinski definition) is 8. The first-order valence-electron chi connectivity index (χ1n) is 11.8. The van der Waals surface area contributed by atoms with Crippen LogP contribution in [0.25, 0.3) is 11.0 Å². The molecule has 0 bridgehead atoms. The van der Waals surface area contributed by atoms with Crippen LogP contribution in [0, 0.1) is 0 Å². The monoisotopic (exact) mass is 506 g/mol. The van der Waals surface area contributed by atoms with Gasteiger partial charge in [0.2, 0.25) is 11.8 Å². The number of piperidine rings is 1. The molecule has 1 saturated heterocycles. The van der Waals surface area contributed by atoms with Crippen molar-refractivity contribution in [3.8, 4) is 5.75 Å². The second-order valence-corrected chi connectivity index (χ2v) is 8.98. The summed E-state index contributed by atoms with van der Waals surface area (Å²) < 4.78 is 7.10. The second-order valence-electron chi connectivity index (χ2n) is 8.98. The Morgan fingerprint density at radius 3 is 2.78 bits per heavy atom. The molecule has 1 aliphatic heterocycles. The summed E-state index contributed by atoms with van der Waals surface area (Å²) in [4.78, 5) is 49.3. The van der Waals surface area contributed by atoms with Crippen molar-refractivity contribution in [2.45, 2.75) is 25.3 Å². The van der Waals surface area contributed by atoms with E-state index in [4.69, 9.17) is 10.5 Å². The number of nitrogen functional groups attached to an aromatic ring is 1. The molecule has 4 rings (SSSR count). The van der Waals surface area contributed by atoms with Crippen molar-refractivity contribution in [1.82, 2.24) is 29.5 Å². The molecule has 0 spiro atoms. The number of nitrogens with zero attached hydrogens (tertiary/aromatic N) is 6. The van der Waals surface area contributed by atoms with Crippen LogP contribution in [-0.4, -0.2) is 81.6 Å². The summed E-state index contributed by atoms with van der Waals surface area (Å²) in [6, 6.07) is 4.88. The minimum atomic E-state index is -0.501. The number of carbonyl (C=O) groups excluding carboxylic acids is 3. The number of carbonyl (C=O) groups is 3. The first-order valence-corrected chi connectivity index (χ1v) is 11.8. The van der Waals surface area contributed by atoms with E-state index in [1.807, 2.05) is 0 Å². The lowest BCUT2D eigenvalue weighted by Gasteiger charge is -2.32. The van der Waals surface area contributed by atoms with Crippen molar-refractivity contribution >= 4 is 40.3 Å². The van der Waals surface area contributed by atoms with Gasteiger partial charge < -0.3 is 25.6 Å². The lowest BCUT2D eigenvalue weighted by molar-refractivity contribution is -0.128. The Hall–Kier alpha value is -4.48. The van der Waals surface area contributed by atoms with Crippen molar-refractivity contribution in [2.24, 2.45) is 0 Å². The summed E-state index contributed by atoms with van der Waals surface area (Å²) in [6.45, 7) is 4.61. The SMILES string of the molecule is C=CC(=O)N1CCC[C@@H](n2nc(C(=O)Nc3ccc(CC(=O)N(C)C)c(OC)c3)c3c(N)ncnc32)C1. The van der Waals surface area contributed by atoms with E-state index >= 15 is 0 Å². The number of methoxy groups -OCH3 is 1. The Bertz CT molecular complexity index is 1370. The average Bonchev–Trinajstić information content (AvgIpc) is 3.30. The molecule has 0 aliphatic carbocycles. The van der Waals surface area contributed by atoms with Crippen molar-refractivity contribution < 1.29 is 19.1 Å². The van der Waals surface area contributed by atoms with Crippen molar-refractivity contribution in [3.05, 3.63) is 48.4 Å². The van der Waals surface area contributed by atoms with Crippen LogP contribution in [0.1, 0.15) is 34.9 Å².